The van der Waals surface area contributed by atoms with Gasteiger partial charge in [0, 0.05) is 5.41 Å². The monoisotopic (exact) mass is 209 g/mol. The van der Waals surface area contributed by atoms with Crippen molar-refractivity contribution >= 4 is 0 Å². The fourth-order valence-electron chi connectivity index (χ4n) is 2.47. The number of aromatic nitrogens is 4. The molecule has 0 unspecified atom stereocenters. The van der Waals surface area contributed by atoms with Crippen LogP contribution in [-0.4, -0.2) is 33.3 Å². The Labute approximate surface area is 90.2 Å². The lowest BCUT2D eigenvalue weighted by molar-refractivity contribution is 0.270. The van der Waals surface area contributed by atoms with E-state index in [2.05, 4.69) is 27.7 Å². The van der Waals surface area contributed by atoms with E-state index in [0.717, 1.165) is 31.8 Å². The molecule has 0 spiro atoms. The van der Waals surface area contributed by atoms with E-state index in [1.807, 2.05) is 7.05 Å². The van der Waals surface area contributed by atoms with Gasteiger partial charge in [0.25, 0.3) is 0 Å². The number of nitrogens with one attached hydrogen (secondary N) is 1. The number of nitrogens with zero attached hydrogens (tertiary/aromatic N) is 4. The van der Waals surface area contributed by atoms with Crippen molar-refractivity contribution in [3.8, 4) is 0 Å². The molecule has 2 rings (SSSR count). The van der Waals surface area contributed by atoms with Crippen LogP contribution < -0.4 is 5.32 Å². The molecule has 2 heterocycles. The average Bonchev–Trinajstić information content (AvgIpc) is 2.67. The Morgan fingerprint density at radius 2 is 2.13 bits per heavy atom. The molecule has 1 aromatic rings. The van der Waals surface area contributed by atoms with E-state index in [9.17, 15) is 0 Å². The number of hydrogen-bond acceptors (Lipinski definition) is 4. The Morgan fingerprint density at radius 1 is 1.40 bits per heavy atom. The molecule has 84 valence electrons. The zero-order valence-electron chi connectivity index (χ0n) is 9.53. The number of rotatable bonds is 3. The normalized spacial score (nSPS) is 20.4. The second kappa shape index (κ2) is 4.26. The molecular formula is C10H19N5. The minimum atomic E-state index is 0.175. The molecule has 0 amide bonds. The maximum absolute atomic E-state index is 4.39. The third-order valence-electron chi connectivity index (χ3n) is 3.27. The molecule has 0 atom stereocenters. The highest BCUT2D eigenvalue weighted by atomic mass is 15.6. The summed E-state index contributed by atoms with van der Waals surface area (Å²) in [5.41, 5.74) is 0.175. The van der Waals surface area contributed by atoms with Crippen LogP contribution in [0.4, 0.5) is 0 Å². The van der Waals surface area contributed by atoms with Gasteiger partial charge in [-0.05, 0) is 37.6 Å². The van der Waals surface area contributed by atoms with Gasteiger partial charge in [0.05, 0.1) is 7.05 Å². The predicted octanol–water partition coefficient (Wildman–Crippen LogP) is 0.631. The van der Waals surface area contributed by atoms with E-state index in [0.29, 0.717) is 0 Å². The maximum Gasteiger partial charge on any atom is 0.181 e. The van der Waals surface area contributed by atoms with Crippen LogP contribution in [0.15, 0.2) is 0 Å². The summed E-state index contributed by atoms with van der Waals surface area (Å²) in [6.07, 6.45) is 4.61. The molecule has 0 saturated carbocycles. The van der Waals surface area contributed by atoms with Crippen LogP contribution >= 0.6 is 0 Å². The second-order valence-corrected chi connectivity index (χ2v) is 4.38. The first kappa shape index (κ1) is 10.5. The molecule has 1 N–H and O–H groups in total. The third kappa shape index (κ3) is 2.02. The highest BCUT2D eigenvalue weighted by Gasteiger charge is 2.36. The molecule has 1 saturated heterocycles. The molecule has 0 aromatic carbocycles. The number of aryl methyl sites for hydroxylation is 1. The molecule has 5 nitrogen and oxygen atoms in total. The lowest BCUT2D eigenvalue weighted by atomic mass is 9.75. The first-order valence-electron chi connectivity index (χ1n) is 5.72. The molecule has 1 aromatic heterocycles. The summed E-state index contributed by atoms with van der Waals surface area (Å²) in [5.74, 6) is 0.938. The maximum atomic E-state index is 4.39. The van der Waals surface area contributed by atoms with Crippen LogP contribution in [0, 0.1) is 0 Å². The second-order valence-electron chi connectivity index (χ2n) is 4.38. The first-order chi connectivity index (χ1) is 7.27. The molecular weight excluding hydrogens is 190 g/mol. The Balaban J connectivity index is 2.24. The van der Waals surface area contributed by atoms with Crippen molar-refractivity contribution in [1.82, 2.24) is 25.5 Å². The van der Waals surface area contributed by atoms with Gasteiger partial charge in [-0.2, -0.15) is 4.80 Å². The fourth-order valence-corrected chi connectivity index (χ4v) is 2.47. The highest BCUT2D eigenvalue weighted by Crippen LogP contribution is 2.35. The standard InChI is InChI=1S/C10H19N5/c1-3-4-10(5-7-11-8-6-10)9-12-14-15(2)13-9/h11H,3-8H2,1-2H3. The molecule has 1 aliphatic rings. The summed E-state index contributed by atoms with van der Waals surface area (Å²) in [5, 5.41) is 15.9. The Bertz CT molecular complexity index is 308. The lowest BCUT2D eigenvalue weighted by Crippen LogP contribution is -2.40. The summed E-state index contributed by atoms with van der Waals surface area (Å²) in [7, 11) is 1.83. The van der Waals surface area contributed by atoms with Gasteiger partial charge in [0.15, 0.2) is 5.82 Å². The summed E-state index contributed by atoms with van der Waals surface area (Å²) in [4.78, 5) is 1.56. The van der Waals surface area contributed by atoms with Crippen molar-refractivity contribution in [2.45, 2.75) is 38.0 Å². The van der Waals surface area contributed by atoms with Gasteiger partial charge in [-0.25, -0.2) is 0 Å². The van der Waals surface area contributed by atoms with Crippen LogP contribution in [0.3, 0.4) is 0 Å². The van der Waals surface area contributed by atoms with Gasteiger partial charge < -0.3 is 5.32 Å². The zero-order chi connectivity index (χ0) is 10.7. The minimum absolute atomic E-state index is 0.175. The largest absolute Gasteiger partial charge is 0.317 e. The van der Waals surface area contributed by atoms with Crippen LogP contribution in [0.5, 0.6) is 0 Å². The van der Waals surface area contributed by atoms with Crippen LogP contribution in [0.1, 0.15) is 38.4 Å². The quantitative estimate of drug-likeness (QED) is 0.793. The van der Waals surface area contributed by atoms with Crippen molar-refractivity contribution in [2.75, 3.05) is 13.1 Å². The summed E-state index contributed by atoms with van der Waals surface area (Å²) >= 11 is 0. The number of hydrogen-bond donors (Lipinski definition) is 1. The van der Waals surface area contributed by atoms with Gasteiger partial charge in [-0.15, -0.1) is 10.2 Å². The van der Waals surface area contributed by atoms with E-state index >= 15 is 0 Å². The van der Waals surface area contributed by atoms with Crippen molar-refractivity contribution in [1.29, 1.82) is 0 Å². The fraction of sp³-hybridized carbons (Fsp3) is 0.900. The van der Waals surface area contributed by atoms with Gasteiger partial charge in [0.1, 0.15) is 0 Å². The van der Waals surface area contributed by atoms with Gasteiger partial charge in [-0.3, -0.25) is 0 Å². The zero-order valence-corrected chi connectivity index (χ0v) is 9.53. The molecule has 1 fully saturated rings. The number of piperidine rings is 1. The van der Waals surface area contributed by atoms with E-state index in [1.165, 1.54) is 12.8 Å². The van der Waals surface area contributed by atoms with E-state index in [-0.39, 0.29) is 5.41 Å². The smallest absolute Gasteiger partial charge is 0.181 e. The third-order valence-corrected chi connectivity index (χ3v) is 3.27. The minimum Gasteiger partial charge on any atom is -0.317 e. The van der Waals surface area contributed by atoms with Crippen molar-refractivity contribution < 1.29 is 0 Å². The van der Waals surface area contributed by atoms with Gasteiger partial charge in [-0.1, -0.05) is 13.3 Å². The van der Waals surface area contributed by atoms with Crippen LogP contribution in [-0.2, 0) is 12.5 Å². The van der Waals surface area contributed by atoms with Crippen LogP contribution in [0.2, 0.25) is 0 Å². The Kier molecular flexibility index (Phi) is 3.00. The SMILES string of the molecule is CCCC1(c2nnn(C)n2)CCNCC1. The lowest BCUT2D eigenvalue weighted by Gasteiger charge is -2.34. The molecule has 0 radical (unpaired) electrons. The summed E-state index contributed by atoms with van der Waals surface area (Å²) < 4.78 is 0. The highest BCUT2D eigenvalue weighted by molar-refractivity contribution is 5.07. The van der Waals surface area contributed by atoms with E-state index < -0.39 is 0 Å². The predicted molar refractivity (Wildman–Crippen MR) is 57.5 cm³/mol. The molecule has 0 aliphatic carbocycles. The topological polar surface area (TPSA) is 55.6 Å². The Morgan fingerprint density at radius 3 is 2.67 bits per heavy atom. The van der Waals surface area contributed by atoms with Crippen molar-refractivity contribution in [3.63, 3.8) is 0 Å². The first-order valence-corrected chi connectivity index (χ1v) is 5.72. The van der Waals surface area contributed by atoms with E-state index in [4.69, 9.17) is 0 Å². The summed E-state index contributed by atoms with van der Waals surface area (Å²) in [6, 6.07) is 0. The summed E-state index contributed by atoms with van der Waals surface area (Å²) in [6.45, 7) is 4.36. The molecule has 15 heavy (non-hydrogen) atoms. The number of tetrazole rings is 1. The van der Waals surface area contributed by atoms with Gasteiger partial charge >= 0.3 is 0 Å². The van der Waals surface area contributed by atoms with Crippen LogP contribution in [0.25, 0.3) is 0 Å². The average molecular weight is 209 g/mol. The molecule has 0 bridgehead atoms. The molecule has 5 heteroatoms. The van der Waals surface area contributed by atoms with E-state index in [1.54, 1.807) is 4.80 Å². The van der Waals surface area contributed by atoms with Crippen molar-refractivity contribution in [3.05, 3.63) is 5.82 Å². The van der Waals surface area contributed by atoms with Gasteiger partial charge in [0.2, 0.25) is 0 Å². The Hall–Kier alpha value is -0.970. The van der Waals surface area contributed by atoms with Crippen molar-refractivity contribution in [2.24, 2.45) is 7.05 Å². The molecule has 1 aliphatic heterocycles.